The van der Waals surface area contributed by atoms with E-state index in [1.165, 1.54) is 40.3 Å². The highest BCUT2D eigenvalue weighted by Gasteiger charge is 2.33. The molecule has 4 rings (SSSR count). The Balaban J connectivity index is 1.43. The number of carbonyl (C=O) groups excluding carboxylic acids is 1. The normalized spacial score (nSPS) is 16.9. The van der Waals surface area contributed by atoms with Crippen LogP contribution in [0, 0.1) is 5.82 Å². The lowest BCUT2D eigenvalue weighted by molar-refractivity contribution is -0.113. The molecule has 1 atom stereocenters. The lowest BCUT2D eigenvalue weighted by atomic mass is 9.99. The summed E-state index contributed by atoms with van der Waals surface area (Å²) in [4.78, 5) is 12.6. The van der Waals surface area contributed by atoms with Crippen LogP contribution in [0.1, 0.15) is 31.5 Å². The molecule has 0 unspecified atom stereocenters. The summed E-state index contributed by atoms with van der Waals surface area (Å²) in [5, 5.41) is 12.0. The van der Waals surface area contributed by atoms with Crippen molar-refractivity contribution in [1.29, 1.82) is 0 Å². The summed E-state index contributed by atoms with van der Waals surface area (Å²) >= 11 is 1.26. The number of sulfonamides is 1. The van der Waals surface area contributed by atoms with Gasteiger partial charge < -0.3 is 9.88 Å². The number of amides is 1. The van der Waals surface area contributed by atoms with E-state index in [2.05, 4.69) is 15.5 Å². The van der Waals surface area contributed by atoms with Gasteiger partial charge in [0.05, 0.1) is 10.6 Å². The topological polar surface area (TPSA) is 97.2 Å². The highest BCUT2D eigenvalue weighted by molar-refractivity contribution is 7.99. The minimum atomic E-state index is -3.58. The molecule has 11 heteroatoms. The number of thioether (sulfide) groups is 1. The summed E-state index contributed by atoms with van der Waals surface area (Å²) in [5.74, 6) is 0.170. The Kier molecular flexibility index (Phi) is 7.64. The van der Waals surface area contributed by atoms with Gasteiger partial charge in [0.2, 0.25) is 15.9 Å². The fourth-order valence-corrected chi connectivity index (χ4v) is 6.33. The van der Waals surface area contributed by atoms with Gasteiger partial charge in [0, 0.05) is 31.2 Å². The Morgan fingerprint density at radius 3 is 2.59 bits per heavy atom. The lowest BCUT2D eigenvalue weighted by Crippen LogP contribution is -2.39. The van der Waals surface area contributed by atoms with Crippen LogP contribution in [-0.4, -0.2) is 52.2 Å². The molecule has 1 amide bonds. The van der Waals surface area contributed by atoms with Crippen molar-refractivity contribution in [3.8, 4) is 0 Å². The first-order valence-corrected chi connectivity index (χ1v) is 13.5. The average Bonchev–Trinajstić information content (AvgIpc) is 3.28. The molecule has 1 fully saturated rings. The molecular formula is C23H26FN5O3S2. The number of hydrogen-bond acceptors (Lipinski definition) is 6. The molecule has 8 nitrogen and oxygen atoms in total. The Bertz CT molecular complexity index is 1230. The summed E-state index contributed by atoms with van der Waals surface area (Å²) in [6, 6.07) is 14.0. The summed E-state index contributed by atoms with van der Waals surface area (Å²) in [6.07, 6.45) is 1.55. The first-order chi connectivity index (χ1) is 16.4. The molecule has 3 aromatic rings. The van der Waals surface area contributed by atoms with Gasteiger partial charge in [-0.1, -0.05) is 30.0 Å². The Morgan fingerprint density at radius 2 is 1.88 bits per heavy atom. The van der Waals surface area contributed by atoms with E-state index in [-0.39, 0.29) is 28.3 Å². The molecule has 1 aromatic heterocycles. The zero-order chi connectivity index (χ0) is 24.1. The van der Waals surface area contributed by atoms with Gasteiger partial charge in [0.15, 0.2) is 5.16 Å². The van der Waals surface area contributed by atoms with E-state index < -0.39 is 10.0 Å². The van der Waals surface area contributed by atoms with Crippen molar-refractivity contribution < 1.29 is 17.6 Å². The third-order valence-corrected chi connectivity index (χ3v) is 8.50. The smallest absolute Gasteiger partial charge is 0.243 e. The molecule has 2 aromatic carbocycles. The van der Waals surface area contributed by atoms with Gasteiger partial charge in [-0.05, 0) is 56.2 Å². The zero-order valence-electron chi connectivity index (χ0n) is 18.7. The second-order valence-corrected chi connectivity index (χ2v) is 10.8. The van der Waals surface area contributed by atoms with Crippen LogP contribution < -0.4 is 5.32 Å². The first-order valence-electron chi connectivity index (χ1n) is 11.0. The van der Waals surface area contributed by atoms with Crippen molar-refractivity contribution in [2.45, 2.75) is 42.3 Å². The highest BCUT2D eigenvalue weighted by atomic mass is 32.2. The number of piperidine rings is 1. The second-order valence-electron chi connectivity index (χ2n) is 7.94. The fraction of sp³-hybridized carbons (Fsp3) is 0.348. The molecule has 180 valence electrons. The monoisotopic (exact) mass is 503 g/mol. The number of nitrogens with one attached hydrogen (secondary N) is 1. The van der Waals surface area contributed by atoms with Gasteiger partial charge in [-0.15, -0.1) is 10.2 Å². The second kappa shape index (κ2) is 10.7. The van der Waals surface area contributed by atoms with Crippen molar-refractivity contribution in [1.82, 2.24) is 19.1 Å². The van der Waals surface area contributed by atoms with Crippen LogP contribution in [0.3, 0.4) is 0 Å². The molecule has 0 saturated carbocycles. The van der Waals surface area contributed by atoms with E-state index in [9.17, 15) is 17.6 Å². The van der Waals surface area contributed by atoms with Crippen molar-refractivity contribution in [2.75, 3.05) is 24.2 Å². The molecule has 0 spiro atoms. The van der Waals surface area contributed by atoms with Crippen LogP contribution in [0.25, 0.3) is 0 Å². The Hall–Kier alpha value is -2.76. The summed E-state index contributed by atoms with van der Waals surface area (Å²) in [6.45, 7) is 3.38. The number of carbonyl (C=O) groups is 1. The minimum Gasteiger partial charge on any atom is -0.325 e. The van der Waals surface area contributed by atoms with Crippen LogP contribution in [0.5, 0.6) is 0 Å². The summed E-state index contributed by atoms with van der Waals surface area (Å²) in [7, 11) is -3.58. The molecule has 1 aliphatic rings. The van der Waals surface area contributed by atoms with E-state index in [0.29, 0.717) is 30.5 Å². The van der Waals surface area contributed by atoms with Gasteiger partial charge >= 0.3 is 0 Å². The van der Waals surface area contributed by atoms with Crippen LogP contribution in [0.2, 0.25) is 0 Å². The van der Waals surface area contributed by atoms with Crippen LogP contribution in [-0.2, 0) is 21.4 Å². The van der Waals surface area contributed by atoms with Gasteiger partial charge in [0.25, 0.3) is 0 Å². The highest BCUT2D eigenvalue weighted by Crippen LogP contribution is 2.31. The standard InChI is InChI=1S/C23H26FN5O3S2/c1-2-29-22(17-7-6-14-28(15-17)34(31,32)20-8-4-3-5-9-20)26-27-23(29)33-16-21(30)25-19-12-10-18(24)11-13-19/h3-5,8-13,17H,2,6-7,14-16H2,1H3,(H,25,30)/t17-/m0/s1. The summed E-state index contributed by atoms with van der Waals surface area (Å²) < 4.78 is 42.7. The van der Waals surface area contributed by atoms with Crippen molar-refractivity contribution >= 4 is 33.4 Å². The van der Waals surface area contributed by atoms with Crippen LogP contribution in [0.15, 0.2) is 64.6 Å². The third kappa shape index (κ3) is 5.48. The fourth-order valence-electron chi connectivity index (χ4n) is 3.98. The van der Waals surface area contributed by atoms with Gasteiger partial charge in [-0.3, -0.25) is 4.79 Å². The maximum atomic E-state index is 13.1. The lowest BCUT2D eigenvalue weighted by Gasteiger charge is -2.31. The molecule has 0 radical (unpaired) electrons. The number of halogens is 1. The Labute approximate surface area is 202 Å². The van der Waals surface area contributed by atoms with Gasteiger partial charge in [0.1, 0.15) is 11.6 Å². The van der Waals surface area contributed by atoms with E-state index in [0.717, 1.165) is 18.7 Å². The average molecular weight is 504 g/mol. The third-order valence-electron chi connectivity index (χ3n) is 5.65. The number of hydrogen-bond donors (Lipinski definition) is 1. The molecular weight excluding hydrogens is 477 g/mol. The maximum absolute atomic E-state index is 13.1. The summed E-state index contributed by atoms with van der Waals surface area (Å²) in [5.41, 5.74) is 0.520. The van der Waals surface area contributed by atoms with Crippen molar-refractivity contribution in [2.24, 2.45) is 0 Å². The Morgan fingerprint density at radius 1 is 1.15 bits per heavy atom. The predicted molar refractivity (Wildman–Crippen MR) is 129 cm³/mol. The number of rotatable bonds is 8. The zero-order valence-corrected chi connectivity index (χ0v) is 20.4. The number of nitrogens with zero attached hydrogens (tertiary/aromatic N) is 4. The molecule has 1 aliphatic heterocycles. The molecule has 2 heterocycles. The van der Waals surface area contributed by atoms with Gasteiger partial charge in [-0.25, -0.2) is 12.8 Å². The molecule has 34 heavy (non-hydrogen) atoms. The van der Waals surface area contributed by atoms with E-state index >= 15 is 0 Å². The predicted octanol–water partition coefficient (Wildman–Crippen LogP) is 3.74. The molecule has 0 aliphatic carbocycles. The quantitative estimate of drug-likeness (QED) is 0.471. The van der Waals surface area contributed by atoms with E-state index in [4.69, 9.17) is 0 Å². The number of benzene rings is 2. The first kappa shape index (κ1) is 24.4. The molecule has 1 N–H and O–H groups in total. The SMILES string of the molecule is CCn1c(SCC(=O)Nc2ccc(F)cc2)nnc1[C@H]1CCCN(S(=O)(=O)c2ccccc2)C1. The van der Waals surface area contributed by atoms with Crippen molar-refractivity contribution in [3.05, 3.63) is 66.2 Å². The minimum absolute atomic E-state index is 0.0814. The number of aromatic nitrogens is 3. The number of anilines is 1. The van der Waals surface area contributed by atoms with Crippen LogP contribution >= 0.6 is 11.8 Å². The van der Waals surface area contributed by atoms with Crippen LogP contribution in [0.4, 0.5) is 10.1 Å². The van der Waals surface area contributed by atoms with E-state index in [1.807, 2.05) is 11.5 Å². The molecule has 0 bridgehead atoms. The van der Waals surface area contributed by atoms with Crippen molar-refractivity contribution in [3.63, 3.8) is 0 Å². The molecule has 1 saturated heterocycles. The maximum Gasteiger partial charge on any atom is 0.243 e. The van der Waals surface area contributed by atoms with Gasteiger partial charge in [-0.2, -0.15) is 4.31 Å². The van der Waals surface area contributed by atoms with E-state index in [1.54, 1.807) is 30.3 Å². The largest absolute Gasteiger partial charge is 0.325 e.